The van der Waals surface area contributed by atoms with Gasteiger partial charge in [0.25, 0.3) is 0 Å². The third-order valence-electron chi connectivity index (χ3n) is 4.39. The molecular formula is C16H22N2O4. The molecule has 1 aromatic rings. The van der Waals surface area contributed by atoms with Gasteiger partial charge in [0.15, 0.2) is 11.5 Å². The van der Waals surface area contributed by atoms with E-state index in [1.807, 2.05) is 18.2 Å². The zero-order valence-electron chi connectivity index (χ0n) is 12.9. The lowest BCUT2D eigenvalue weighted by atomic mass is 10.00. The molecule has 0 spiro atoms. The molecular weight excluding hydrogens is 284 g/mol. The number of carboxylic acid groups (broad SMARTS) is 1. The van der Waals surface area contributed by atoms with Gasteiger partial charge in [-0.05, 0) is 31.2 Å². The normalized spacial score (nSPS) is 25.7. The molecule has 2 atom stereocenters. The molecule has 6 heteroatoms. The van der Waals surface area contributed by atoms with E-state index in [1.54, 1.807) is 7.11 Å². The molecule has 2 heterocycles. The van der Waals surface area contributed by atoms with E-state index in [0.717, 1.165) is 24.4 Å². The van der Waals surface area contributed by atoms with E-state index in [4.69, 9.17) is 14.6 Å². The second-order valence-electron chi connectivity index (χ2n) is 6.10. The van der Waals surface area contributed by atoms with E-state index in [1.165, 1.54) is 0 Å². The Morgan fingerprint density at radius 3 is 2.73 bits per heavy atom. The molecule has 1 aromatic carbocycles. The number of nitrogens with one attached hydrogen (secondary N) is 1. The van der Waals surface area contributed by atoms with Gasteiger partial charge >= 0.3 is 5.97 Å². The summed E-state index contributed by atoms with van der Waals surface area (Å²) in [6.45, 7) is 2.36. The Morgan fingerprint density at radius 2 is 2.14 bits per heavy atom. The molecule has 120 valence electrons. The van der Waals surface area contributed by atoms with Crippen molar-refractivity contribution in [3.8, 4) is 11.5 Å². The summed E-state index contributed by atoms with van der Waals surface area (Å²) < 4.78 is 11.4. The molecule has 2 aliphatic heterocycles. The maximum absolute atomic E-state index is 11.1. The molecule has 0 saturated carbocycles. The average Bonchev–Trinajstić information content (AvgIpc) is 2.96. The first-order chi connectivity index (χ1) is 10.6. The largest absolute Gasteiger partial charge is 0.493 e. The summed E-state index contributed by atoms with van der Waals surface area (Å²) in [6, 6.07) is 5.91. The van der Waals surface area contributed by atoms with Gasteiger partial charge in [0, 0.05) is 25.7 Å². The van der Waals surface area contributed by atoms with Crippen LogP contribution in [0.2, 0.25) is 0 Å². The van der Waals surface area contributed by atoms with Gasteiger partial charge in [-0.1, -0.05) is 6.07 Å². The molecule has 2 unspecified atom stereocenters. The van der Waals surface area contributed by atoms with Crippen LogP contribution in [0.4, 0.5) is 0 Å². The number of likely N-dealkylation sites (N-methyl/N-ethyl adjacent to an activating group) is 1. The zero-order chi connectivity index (χ0) is 15.7. The topological polar surface area (TPSA) is 71.0 Å². The SMILES string of the molecule is COc1cc(C2CC(C(=O)O)CN2)ccc1OC1CN(C)C1. The number of rotatable bonds is 5. The molecule has 22 heavy (non-hydrogen) atoms. The van der Waals surface area contributed by atoms with Crippen LogP contribution in [0.25, 0.3) is 0 Å². The predicted molar refractivity (Wildman–Crippen MR) is 81.4 cm³/mol. The van der Waals surface area contributed by atoms with Crippen molar-refractivity contribution in [1.82, 2.24) is 10.2 Å². The monoisotopic (exact) mass is 306 g/mol. The van der Waals surface area contributed by atoms with Crippen molar-refractivity contribution >= 4 is 5.97 Å². The van der Waals surface area contributed by atoms with Crippen LogP contribution >= 0.6 is 0 Å². The Kier molecular flexibility index (Phi) is 4.22. The summed E-state index contributed by atoms with van der Waals surface area (Å²) in [5.74, 6) is 0.387. The van der Waals surface area contributed by atoms with Crippen LogP contribution in [0.15, 0.2) is 18.2 Å². The van der Waals surface area contributed by atoms with Crippen molar-refractivity contribution < 1.29 is 19.4 Å². The van der Waals surface area contributed by atoms with Gasteiger partial charge in [-0.2, -0.15) is 0 Å². The first kappa shape index (κ1) is 15.1. The average molecular weight is 306 g/mol. The van der Waals surface area contributed by atoms with Gasteiger partial charge in [0.2, 0.25) is 0 Å². The summed E-state index contributed by atoms with van der Waals surface area (Å²) in [6.07, 6.45) is 0.817. The number of likely N-dealkylation sites (tertiary alicyclic amines) is 1. The number of methoxy groups -OCH3 is 1. The zero-order valence-corrected chi connectivity index (χ0v) is 12.9. The summed E-state index contributed by atoms with van der Waals surface area (Å²) in [5, 5.41) is 12.3. The molecule has 2 fully saturated rings. The Morgan fingerprint density at radius 1 is 1.36 bits per heavy atom. The second-order valence-corrected chi connectivity index (χ2v) is 6.10. The first-order valence-electron chi connectivity index (χ1n) is 7.56. The van der Waals surface area contributed by atoms with E-state index < -0.39 is 5.97 Å². The van der Waals surface area contributed by atoms with Crippen LogP contribution in [0, 0.1) is 5.92 Å². The second kappa shape index (κ2) is 6.14. The summed E-state index contributed by atoms with van der Waals surface area (Å²) in [4.78, 5) is 13.2. The van der Waals surface area contributed by atoms with Gasteiger partial charge in [0.05, 0.1) is 13.0 Å². The van der Waals surface area contributed by atoms with Crippen LogP contribution < -0.4 is 14.8 Å². The van der Waals surface area contributed by atoms with Gasteiger partial charge in [0.1, 0.15) is 6.10 Å². The van der Waals surface area contributed by atoms with Crippen molar-refractivity contribution in [2.24, 2.45) is 5.92 Å². The fourth-order valence-corrected chi connectivity index (χ4v) is 3.07. The van der Waals surface area contributed by atoms with Crippen LogP contribution in [-0.2, 0) is 4.79 Å². The highest BCUT2D eigenvalue weighted by Crippen LogP contribution is 2.35. The Balaban J connectivity index is 1.70. The minimum atomic E-state index is -0.740. The molecule has 0 bridgehead atoms. The van der Waals surface area contributed by atoms with Crippen molar-refractivity contribution in [2.75, 3.05) is 33.8 Å². The number of hydrogen-bond donors (Lipinski definition) is 2. The minimum absolute atomic E-state index is 0.0545. The van der Waals surface area contributed by atoms with E-state index >= 15 is 0 Å². The van der Waals surface area contributed by atoms with Gasteiger partial charge in [-0.15, -0.1) is 0 Å². The van der Waals surface area contributed by atoms with Crippen molar-refractivity contribution in [2.45, 2.75) is 18.6 Å². The summed E-state index contributed by atoms with van der Waals surface area (Å²) in [7, 11) is 3.69. The maximum Gasteiger partial charge on any atom is 0.307 e. The number of hydrogen-bond acceptors (Lipinski definition) is 5. The van der Waals surface area contributed by atoms with Gasteiger partial charge < -0.3 is 19.9 Å². The molecule has 0 amide bonds. The molecule has 0 aromatic heterocycles. The van der Waals surface area contributed by atoms with Crippen molar-refractivity contribution in [3.05, 3.63) is 23.8 Å². The highest BCUT2D eigenvalue weighted by molar-refractivity contribution is 5.70. The Bertz CT molecular complexity index is 557. The molecule has 6 nitrogen and oxygen atoms in total. The summed E-state index contributed by atoms with van der Waals surface area (Å²) >= 11 is 0. The number of aliphatic carboxylic acids is 1. The third kappa shape index (κ3) is 3.03. The number of carboxylic acids is 1. The van der Waals surface area contributed by atoms with Crippen LogP contribution in [0.1, 0.15) is 18.0 Å². The van der Waals surface area contributed by atoms with E-state index in [-0.39, 0.29) is 18.1 Å². The fourth-order valence-electron chi connectivity index (χ4n) is 3.07. The molecule has 2 N–H and O–H groups in total. The van der Waals surface area contributed by atoms with Crippen molar-refractivity contribution in [3.63, 3.8) is 0 Å². The van der Waals surface area contributed by atoms with Crippen LogP contribution in [0.3, 0.4) is 0 Å². The number of carbonyl (C=O) groups is 1. The van der Waals surface area contributed by atoms with Crippen LogP contribution in [0.5, 0.6) is 11.5 Å². The van der Waals surface area contributed by atoms with Crippen LogP contribution in [-0.4, -0.2) is 55.9 Å². The summed E-state index contributed by atoms with van der Waals surface area (Å²) in [5.41, 5.74) is 1.04. The first-order valence-corrected chi connectivity index (χ1v) is 7.56. The quantitative estimate of drug-likeness (QED) is 0.849. The lowest BCUT2D eigenvalue weighted by Crippen LogP contribution is -2.51. The van der Waals surface area contributed by atoms with E-state index in [0.29, 0.717) is 18.7 Å². The van der Waals surface area contributed by atoms with E-state index in [9.17, 15) is 4.79 Å². The number of ether oxygens (including phenoxy) is 2. The van der Waals surface area contributed by atoms with Crippen molar-refractivity contribution in [1.29, 1.82) is 0 Å². The Labute approximate surface area is 130 Å². The molecule has 0 radical (unpaired) electrons. The Hall–Kier alpha value is -1.79. The molecule has 0 aliphatic carbocycles. The number of benzene rings is 1. The minimum Gasteiger partial charge on any atom is -0.493 e. The molecule has 2 aliphatic rings. The lowest BCUT2D eigenvalue weighted by Gasteiger charge is -2.36. The third-order valence-corrected chi connectivity index (χ3v) is 4.39. The van der Waals surface area contributed by atoms with Gasteiger partial charge in [-0.3, -0.25) is 9.69 Å². The van der Waals surface area contributed by atoms with E-state index in [2.05, 4.69) is 17.3 Å². The highest BCUT2D eigenvalue weighted by Gasteiger charge is 2.31. The maximum atomic E-state index is 11.1. The lowest BCUT2D eigenvalue weighted by molar-refractivity contribution is -0.141. The molecule has 3 rings (SSSR count). The predicted octanol–water partition coefficient (Wildman–Crippen LogP) is 1.12. The smallest absolute Gasteiger partial charge is 0.307 e. The standard InChI is InChI=1S/C16H22N2O4/c1-18-8-12(9-18)22-14-4-3-10(6-15(14)21-2)13-5-11(7-17-13)16(19)20/h3-4,6,11-13,17H,5,7-9H2,1-2H3,(H,19,20). The van der Waals surface area contributed by atoms with Gasteiger partial charge in [-0.25, -0.2) is 0 Å². The highest BCUT2D eigenvalue weighted by atomic mass is 16.5. The molecule has 2 saturated heterocycles. The fraction of sp³-hybridized carbons (Fsp3) is 0.562. The number of nitrogens with zero attached hydrogens (tertiary/aromatic N) is 1.